The zero-order valence-electron chi connectivity index (χ0n) is 18.5. The van der Waals surface area contributed by atoms with E-state index in [4.69, 9.17) is 4.74 Å². The number of amides is 1. The van der Waals surface area contributed by atoms with Crippen molar-refractivity contribution in [3.05, 3.63) is 71.8 Å². The largest absolute Gasteiger partial charge is 0.457 e. The zero-order valence-corrected chi connectivity index (χ0v) is 18.5. The maximum atomic E-state index is 13.1. The van der Waals surface area contributed by atoms with Crippen LogP contribution in [-0.2, 0) is 0 Å². The first-order valence-corrected chi connectivity index (χ1v) is 10.5. The Morgan fingerprint density at radius 2 is 1.69 bits per heavy atom. The molecule has 1 aliphatic rings. The lowest BCUT2D eigenvalue weighted by Gasteiger charge is -2.35. The van der Waals surface area contributed by atoms with Gasteiger partial charge in [-0.1, -0.05) is 6.07 Å². The van der Waals surface area contributed by atoms with Gasteiger partial charge in [0.05, 0.1) is 0 Å². The van der Waals surface area contributed by atoms with Crippen LogP contribution in [0.15, 0.2) is 54.6 Å². The van der Waals surface area contributed by atoms with Crippen molar-refractivity contribution in [2.45, 2.75) is 6.92 Å². The smallest absolute Gasteiger partial charge is 0.254 e. The number of carbonyl (C=O) groups excluding carboxylic acids is 1. The van der Waals surface area contributed by atoms with Gasteiger partial charge in [-0.05, 0) is 49.4 Å². The number of aromatic nitrogens is 2. The predicted molar refractivity (Wildman–Crippen MR) is 122 cm³/mol. The zero-order chi connectivity index (χ0) is 22.7. The summed E-state index contributed by atoms with van der Waals surface area (Å²) in [6.07, 6.45) is 0. The summed E-state index contributed by atoms with van der Waals surface area (Å²) >= 11 is 0. The van der Waals surface area contributed by atoms with Gasteiger partial charge in [0.2, 0.25) is 0 Å². The van der Waals surface area contributed by atoms with E-state index in [-0.39, 0.29) is 11.7 Å². The minimum Gasteiger partial charge on any atom is -0.457 e. The standard InChI is InChI=1S/C24H26FN5O2/c1-17-26-22(28(2)3)16-23(27-17)29-11-13-30(14-12-29)24(31)18-5-4-6-21(15-18)32-20-9-7-19(25)8-10-20/h4-10,15-16H,11-14H2,1-3H3. The SMILES string of the molecule is Cc1nc(N(C)C)cc(N2CCN(C(=O)c3cccc(Oc4ccc(F)cc4)c3)CC2)n1. The molecular weight excluding hydrogens is 409 g/mol. The van der Waals surface area contributed by atoms with Gasteiger partial charge in [0, 0.05) is 51.9 Å². The first-order chi connectivity index (χ1) is 15.4. The molecule has 0 spiro atoms. The maximum absolute atomic E-state index is 13.1. The van der Waals surface area contributed by atoms with Crippen molar-refractivity contribution in [2.24, 2.45) is 0 Å². The number of carbonyl (C=O) groups is 1. The summed E-state index contributed by atoms with van der Waals surface area (Å²) < 4.78 is 18.9. The number of rotatable bonds is 5. The van der Waals surface area contributed by atoms with Crippen molar-refractivity contribution in [3.63, 3.8) is 0 Å². The van der Waals surface area contributed by atoms with Crippen LogP contribution < -0.4 is 14.5 Å². The van der Waals surface area contributed by atoms with Crippen LogP contribution >= 0.6 is 0 Å². The fourth-order valence-electron chi connectivity index (χ4n) is 3.58. The fourth-order valence-corrected chi connectivity index (χ4v) is 3.58. The molecule has 0 aliphatic carbocycles. The Morgan fingerprint density at radius 1 is 0.969 bits per heavy atom. The van der Waals surface area contributed by atoms with E-state index in [2.05, 4.69) is 14.9 Å². The second-order valence-corrected chi connectivity index (χ2v) is 7.89. The number of hydrogen-bond donors (Lipinski definition) is 0. The number of piperazine rings is 1. The van der Waals surface area contributed by atoms with Gasteiger partial charge in [0.15, 0.2) is 0 Å². The van der Waals surface area contributed by atoms with Crippen molar-refractivity contribution in [1.29, 1.82) is 0 Å². The molecule has 1 aliphatic heterocycles. The maximum Gasteiger partial charge on any atom is 0.254 e. The van der Waals surface area contributed by atoms with Crippen molar-refractivity contribution < 1.29 is 13.9 Å². The molecule has 1 fully saturated rings. The molecule has 1 aromatic heterocycles. The predicted octanol–water partition coefficient (Wildman–Crippen LogP) is 3.74. The van der Waals surface area contributed by atoms with Crippen LogP contribution in [0.4, 0.5) is 16.0 Å². The van der Waals surface area contributed by atoms with E-state index in [0.29, 0.717) is 43.2 Å². The molecule has 0 unspecified atom stereocenters. The van der Waals surface area contributed by atoms with Crippen LogP contribution in [0.3, 0.4) is 0 Å². The third-order valence-corrected chi connectivity index (χ3v) is 5.29. The molecule has 0 N–H and O–H groups in total. The fraction of sp³-hybridized carbons (Fsp3) is 0.292. The Hall–Kier alpha value is -3.68. The number of hydrogen-bond acceptors (Lipinski definition) is 6. The van der Waals surface area contributed by atoms with Crippen LogP contribution in [0, 0.1) is 12.7 Å². The van der Waals surface area contributed by atoms with Crippen LogP contribution in [0.2, 0.25) is 0 Å². The van der Waals surface area contributed by atoms with Gasteiger partial charge < -0.3 is 19.4 Å². The first kappa shape index (κ1) is 21.5. The molecule has 0 saturated carbocycles. The molecule has 166 valence electrons. The second-order valence-electron chi connectivity index (χ2n) is 7.89. The van der Waals surface area contributed by atoms with Crippen molar-refractivity contribution in [1.82, 2.24) is 14.9 Å². The van der Waals surface area contributed by atoms with Gasteiger partial charge in [-0.3, -0.25) is 4.79 Å². The molecule has 1 amide bonds. The summed E-state index contributed by atoms with van der Waals surface area (Å²) in [5, 5.41) is 0. The molecule has 7 nitrogen and oxygen atoms in total. The van der Waals surface area contributed by atoms with E-state index >= 15 is 0 Å². The van der Waals surface area contributed by atoms with Crippen molar-refractivity contribution >= 4 is 17.5 Å². The lowest BCUT2D eigenvalue weighted by Crippen LogP contribution is -2.49. The van der Waals surface area contributed by atoms with Crippen LogP contribution in [0.1, 0.15) is 16.2 Å². The average molecular weight is 436 g/mol. The monoisotopic (exact) mass is 435 g/mol. The summed E-state index contributed by atoms with van der Waals surface area (Å²) in [4.78, 5) is 28.1. The van der Waals surface area contributed by atoms with Gasteiger partial charge in [0.25, 0.3) is 5.91 Å². The Balaban J connectivity index is 1.41. The molecule has 0 atom stereocenters. The number of ether oxygens (including phenoxy) is 1. The van der Waals surface area contributed by atoms with Gasteiger partial charge in [-0.15, -0.1) is 0 Å². The van der Waals surface area contributed by atoms with Crippen LogP contribution in [0.5, 0.6) is 11.5 Å². The highest BCUT2D eigenvalue weighted by Crippen LogP contribution is 2.24. The normalized spacial score (nSPS) is 13.8. The Labute approximate surface area is 187 Å². The first-order valence-electron chi connectivity index (χ1n) is 10.5. The van der Waals surface area contributed by atoms with E-state index in [1.54, 1.807) is 36.4 Å². The van der Waals surface area contributed by atoms with Gasteiger partial charge in [-0.25, -0.2) is 14.4 Å². The van der Waals surface area contributed by atoms with E-state index < -0.39 is 0 Å². The number of anilines is 2. The molecule has 0 radical (unpaired) electrons. The van der Waals surface area contributed by atoms with E-state index in [1.807, 2.05) is 36.9 Å². The number of benzene rings is 2. The molecular formula is C24H26FN5O2. The molecule has 4 rings (SSSR count). The molecule has 1 saturated heterocycles. The number of halogens is 1. The van der Waals surface area contributed by atoms with Gasteiger partial charge in [0.1, 0.15) is 34.8 Å². The van der Waals surface area contributed by atoms with Gasteiger partial charge in [-0.2, -0.15) is 0 Å². The van der Waals surface area contributed by atoms with E-state index in [1.165, 1.54) is 12.1 Å². The quantitative estimate of drug-likeness (QED) is 0.608. The van der Waals surface area contributed by atoms with E-state index in [0.717, 1.165) is 17.5 Å². The van der Waals surface area contributed by atoms with E-state index in [9.17, 15) is 9.18 Å². The highest BCUT2D eigenvalue weighted by molar-refractivity contribution is 5.94. The third-order valence-electron chi connectivity index (χ3n) is 5.29. The summed E-state index contributed by atoms with van der Waals surface area (Å²) in [5.41, 5.74) is 0.561. The summed E-state index contributed by atoms with van der Waals surface area (Å²) in [5.74, 6) is 3.16. The molecule has 8 heteroatoms. The van der Waals surface area contributed by atoms with Crippen LogP contribution in [-0.4, -0.2) is 61.0 Å². The van der Waals surface area contributed by atoms with Crippen LogP contribution in [0.25, 0.3) is 0 Å². The molecule has 2 heterocycles. The van der Waals surface area contributed by atoms with Crippen molar-refractivity contribution in [2.75, 3.05) is 50.1 Å². The Bertz CT molecular complexity index is 1100. The Kier molecular flexibility index (Phi) is 6.20. The third kappa shape index (κ3) is 4.96. The van der Waals surface area contributed by atoms with Crippen molar-refractivity contribution in [3.8, 4) is 11.5 Å². The number of aryl methyl sites for hydroxylation is 1. The summed E-state index contributed by atoms with van der Waals surface area (Å²) in [6, 6.07) is 14.8. The molecule has 0 bridgehead atoms. The second kappa shape index (κ2) is 9.21. The highest BCUT2D eigenvalue weighted by atomic mass is 19.1. The minimum absolute atomic E-state index is 0.0398. The molecule has 3 aromatic rings. The Morgan fingerprint density at radius 3 is 2.38 bits per heavy atom. The lowest BCUT2D eigenvalue weighted by atomic mass is 10.1. The molecule has 2 aromatic carbocycles. The topological polar surface area (TPSA) is 61.8 Å². The average Bonchev–Trinajstić information content (AvgIpc) is 2.80. The highest BCUT2D eigenvalue weighted by Gasteiger charge is 2.24. The number of nitrogens with zero attached hydrogens (tertiary/aromatic N) is 5. The minimum atomic E-state index is -0.324. The van der Waals surface area contributed by atoms with Gasteiger partial charge >= 0.3 is 0 Å². The summed E-state index contributed by atoms with van der Waals surface area (Å²) in [7, 11) is 3.91. The molecule has 32 heavy (non-hydrogen) atoms. The lowest BCUT2D eigenvalue weighted by molar-refractivity contribution is 0.0746. The summed E-state index contributed by atoms with van der Waals surface area (Å²) in [6.45, 7) is 4.48.